The summed E-state index contributed by atoms with van der Waals surface area (Å²) in [6.07, 6.45) is 0. The summed E-state index contributed by atoms with van der Waals surface area (Å²) in [7, 11) is 4.88. The van der Waals surface area contributed by atoms with Gasteiger partial charge in [0.05, 0.1) is 61.6 Å². The van der Waals surface area contributed by atoms with E-state index < -0.39 is 23.9 Å². The first-order valence-corrected chi connectivity index (χ1v) is 11.5. The smallest absolute Gasteiger partial charge is 0.357 e. The number of carbonyl (C=O) groups is 4. The number of nitrogens with zero attached hydrogens (tertiary/aromatic N) is 2. The number of carbonyl (C=O) groups excluding carboxylic acids is 4. The molecule has 190 valence electrons. The molecule has 0 unspecified atom stereocenters. The Morgan fingerprint density at radius 1 is 0.526 bits per heavy atom. The summed E-state index contributed by atoms with van der Waals surface area (Å²) in [5, 5.41) is 1.85. The molecular formula is C28H20N2O8. The van der Waals surface area contributed by atoms with Crippen LogP contribution in [0.1, 0.15) is 41.7 Å². The Morgan fingerprint density at radius 2 is 0.868 bits per heavy atom. The molecule has 10 nitrogen and oxygen atoms in total. The second kappa shape index (κ2) is 8.20. The van der Waals surface area contributed by atoms with Crippen molar-refractivity contribution < 1.29 is 38.1 Å². The van der Waals surface area contributed by atoms with Crippen molar-refractivity contribution in [3.8, 4) is 0 Å². The Balaban J connectivity index is 2.14. The molecule has 6 aromatic rings. The van der Waals surface area contributed by atoms with E-state index in [0.717, 1.165) is 0 Å². The fourth-order valence-electron chi connectivity index (χ4n) is 5.54. The topological polar surface area (TPSA) is 114 Å². The maximum absolute atomic E-state index is 13.4. The normalized spacial score (nSPS) is 11.6. The number of para-hydroxylation sites is 2. The minimum absolute atomic E-state index is 0.00885. The summed E-state index contributed by atoms with van der Waals surface area (Å²) in [6, 6.07) is 14.1. The van der Waals surface area contributed by atoms with Crippen molar-refractivity contribution in [3.63, 3.8) is 0 Å². The molecule has 0 atom stereocenters. The van der Waals surface area contributed by atoms with Gasteiger partial charge in [-0.3, -0.25) is 8.80 Å². The van der Waals surface area contributed by atoms with E-state index >= 15 is 0 Å². The Labute approximate surface area is 214 Å². The zero-order valence-electron chi connectivity index (χ0n) is 20.8. The minimum Gasteiger partial charge on any atom is -0.465 e. The lowest BCUT2D eigenvalue weighted by atomic mass is 9.95. The number of aromatic nitrogens is 2. The van der Waals surface area contributed by atoms with Crippen molar-refractivity contribution in [3.05, 3.63) is 71.0 Å². The molecule has 0 saturated heterocycles. The van der Waals surface area contributed by atoms with Crippen LogP contribution in [0.2, 0.25) is 0 Å². The molecule has 6 rings (SSSR count). The molecule has 0 aliphatic heterocycles. The molecule has 0 fully saturated rings. The van der Waals surface area contributed by atoms with Crippen LogP contribution in [0.15, 0.2) is 48.5 Å². The lowest BCUT2D eigenvalue weighted by Crippen LogP contribution is -2.21. The van der Waals surface area contributed by atoms with Crippen LogP contribution in [0.4, 0.5) is 0 Å². The standard InChI is InChI=1S/C28H20N2O8/c1-35-25(31)19-17-13-9-5-7-11-15(13)29-21(17)22-18(20(19)26(32)36-2)14-10-6-8-12-16(14)30(22)24(28(34)38-4)23(29)27(33)37-3/h5-12H,1-4H3. The van der Waals surface area contributed by atoms with Gasteiger partial charge in [0.1, 0.15) is 0 Å². The average molecular weight is 512 g/mol. The summed E-state index contributed by atoms with van der Waals surface area (Å²) in [5.74, 6) is -3.09. The number of methoxy groups -OCH3 is 4. The van der Waals surface area contributed by atoms with Crippen LogP contribution >= 0.6 is 0 Å². The molecule has 38 heavy (non-hydrogen) atoms. The van der Waals surface area contributed by atoms with Gasteiger partial charge < -0.3 is 18.9 Å². The van der Waals surface area contributed by atoms with Crippen molar-refractivity contribution in [1.29, 1.82) is 0 Å². The third-order valence-electron chi connectivity index (χ3n) is 6.93. The molecule has 0 saturated carbocycles. The lowest BCUT2D eigenvalue weighted by molar-refractivity contribution is 0.0542. The summed E-state index contributed by atoms with van der Waals surface area (Å²) in [5.41, 5.74) is 1.67. The number of rotatable bonds is 4. The largest absolute Gasteiger partial charge is 0.465 e. The Bertz CT molecular complexity index is 1710. The van der Waals surface area contributed by atoms with Crippen molar-refractivity contribution in [1.82, 2.24) is 8.80 Å². The van der Waals surface area contributed by atoms with Crippen LogP contribution in [0.25, 0.3) is 43.6 Å². The maximum atomic E-state index is 13.4. The second-order valence-electron chi connectivity index (χ2n) is 8.57. The number of esters is 4. The number of hydrogen-bond donors (Lipinski definition) is 0. The summed E-state index contributed by atoms with van der Waals surface area (Å²) in [4.78, 5) is 53.5. The number of ether oxygens (including phenoxy) is 4. The van der Waals surface area contributed by atoms with Gasteiger partial charge in [-0.05, 0) is 12.1 Å². The highest BCUT2D eigenvalue weighted by Crippen LogP contribution is 2.45. The van der Waals surface area contributed by atoms with Gasteiger partial charge in [0.2, 0.25) is 0 Å². The zero-order chi connectivity index (χ0) is 26.9. The molecule has 3 heterocycles. The average Bonchev–Trinajstić information content (AvgIpc) is 3.47. The van der Waals surface area contributed by atoms with E-state index in [4.69, 9.17) is 18.9 Å². The summed E-state index contributed by atoms with van der Waals surface area (Å²) >= 11 is 0. The van der Waals surface area contributed by atoms with E-state index in [1.165, 1.54) is 28.4 Å². The highest BCUT2D eigenvalue weighted by Gasteiger charge is 2.37. The van der Waals surface area contributed by atoms with Gasteiger partial charge in [0, 0.05) is 21.5 Å². The van der Waals surface area contributed by atoms with Crippen LogP contribution < -0.4 is 0 Å². The first kappa shape index (κ1) is 23.3. The molecule has 10 heteroatoms. The number of fused-ring (bicyclic) bond motifs is 6. The van der Waals surface area contributed by atoms with Crippen molar-refractivity contribution in [2.75, 3.05) is 28.4 Å². The third-order valence-corrected chi connectivity index (χ3v) is 6.93. The molecular weight excluding hydrogens is 492 g/mol. The number of hydrogen-bond acceptors (Lipinski definition) is 8. The van der Waals surface area contributed by atoms with Gasteiger partial charge in [0.25, 0.3) is 0 Å². The molecule has 0 bridgehead atoms. The van der Waals surface area contributed by atoms with E-state index in [-0.39, 0.29) is 22.5 Å². The molecule has 0 spiro atoms. The summed E-state index contributed by atoms with van der Waals surface area (Å²) in [6.45, 7) is 0. The maximum Gasteiger partial charge on any atom is 0.357 e. The number of benzene rings is 3. The Kier molecular flexibility index (Phi) is 5.03. The van der Waals surface area contributed by atoms with E-state index in [2.05, 4.69) is 0 Å². The second-order valence-corrected chi connectivity index (χ2v) is 8.57. The SMILES string of the molecule is COC(=O)c1c(C(=O)OC)c2c3ccccc3n3c(C(=O)OC)c(C(=O)OC)n4c5ccccc5c1c4c23. The highest BCUT2D eigenvalue weighted by atomic mass is 16.5. The van der Waals surface area contributed by atoms with E-state index in [1.807, 2.05) is 0 Å². The summed E-state index contributed by atoms with van der Waals surface area (Å²) < 4.78 is 23.7. The van der Waals surface area contributed by atoms with Crippen molar-refractivity contribution in [2.24, 2.45) is 0 Å². The van der Waals surface area contributed by atoms with Crippen LogP contribution in [0.5, 0.6) is 0 Å². The van der Waals surface area contributed by atoms with E-state index in [1.54, 1.807) is 57.3 Å². The Hall–Kier alpha value is -5.12. The van der Waals surface area contributed by atoms with Gasteiger partial charge in [0.15, 0.2) is 11.4 Å². The first-order valence-electron chi connectivity index (χ1n) is 11.5. The lowest BCUT2D eigenvalue weighted by Gasteiger charge is -2.17. The minimum atomic E-state index is -0.790. The molecule has 0 aliphatic rings. The van der Waals surface area contributed by atoms with Crippen LogP contribution in [-0.4, -0.2) is 61.1 Å². The quantitative estimate of drug-likeness (QED) is 0.255. The molecule has 0 amide bonds. The van der Waals surface area contributed by atoms with E-state index in [0.29, 0.717) is 43.6 Å². The predicted molar refractivity (Wildman–Crippen MR) is 137 cm³/mol. The van der Waals surface area contributed by atoms with Gasteiger partial charge >= 0.3 is 23.9 Å². The Morgan fingerprint density at radius 3 is 1.21 bits per heavy atom. The highest BCUT2D eigenvalue weighted by molar-refractivity contribution is 6.34. The van der Waals surface area contributed by atoms with Gasteiger partial charge in [-0.25, -0.2) is 19.2 Å². The van der Waals surface area contributed by atoms with Crippen molar-refractivity contribution >= 4 is 67.5 Å². The monoisotopic (exact) mass is 512 g/mol. The fraction of sp³-hybridized carbons (Fsp3) is 0.143. The fourth-order valence-corrected chi connectivity index (χ4v) is 5.54. The molecule has 0 radical (unpaired) electrons. The van der Waals surface area contributed by atoms with Crippen LogP contribution in [0.3, 0.4) is 0 Å². The van der Waals surface area contributed by atoms with Crippen LogP contribution in [-0.2, 0) is 18.9 Å². The molecule has 0 N–H and O–H groups in total. The van der Waals surface area contributed by atoms with Gasteiger partial charge in [-0.1, -0.05) is 36.4 Å². The predicted octanol–water partition coefficient (Wildman–Crippen LogP) is 4.24. The van der Waals surface area contributed by atoms with Gasteiger partial charge in [-0.15, -0.1) is 0 Å². The molecule has 3 aromatic heterocycles. The third kappa shape index (κ3) is 2.71. The van der Waals surface area contributed by atoms with Gasteiger partial charge in [-0.2, -0.15) is 0 Å². The van der Waals surface area contributed by atoms with Crippen molar-refractivity contribution in [2.45, 2.75) is 0 Å². The molecule has 0 aliphatic carbocycles. The first-order chi connectivity index (χ1) is 18.4. The van der Waals surface area contributed by atoms with E-state index in [9.17, 15) is 19.2 Å². The molecule has 3 aromatic carbocycles. The zero-order valence-corrected chi connectivity index (χ0v) is 20.8. The van der Waals surface area contributed by atoms with Crippen LogP contribution in [0, 0.1) is 0 Å².